The first-order valence-corrected chi connectivity index (χ1v) is 15.2. The molecule has 8 heteroatoms. The quantitative estimate of drug-likeness (QED) is 0.240. The lowest BCUT2D eigenvalue weighted by Gasteiger charge is -2.36. The number of ether oxygens (including phenoxy) is 1. The lowest BCUT2D eigenvalue weighted by Crippen LogP contribution is -2.50. The van der Waals surface area contributed by atoms with Crippen LogP contribution in [0.4, 0.5) is 10.5 Å². The van der Waals surface area contributed by atoms with Gasteiger partial charge in [0.15, 0.2) is 13.1 Å². The molecule has 2 amide bonds. The van der Waals surface area contributed by atoms with Crippen LogP contribution in [-0.2, 0) is 9.53 Å². The van der Waals surface area contributed by atoms with E-state index in [9.17, 15) is 9.59 Å². The fourth-order valence-corrected chi connectivity index (χ4v) is 6.05. The number of anilines is 1. The van der Waals surface area contributed by atoms with Gasteiger partial charge >= 0.3 is 6.09 Å². The van der Waals surface area contributed by atoms with E-state index in [-0.39, 0.29) is 12.0 Å². The molecule has 3 aliphatic heterocycles. The molecule has 0 unspecified atom stereocenters. The number of carbonyl (C=O) groups is 2. The van der Waals surface area contributed by atoms with E-state index >= 15 is 0 Å². The number of amides is 2. The zero-order valence-corrected chi connectivity index (χ0v) is 25.9. The molecule has 0 saturated carbocycles. The van der Waals surface area contributed by atoms with Crippen LogP contribution in [0.15, 0.2) is 65.1 Å². The van der Waals surface area contributed by atoms with E-state index < -0.39 is 5.60 Å². The Bertz CT molecular complexity index is 1700. The summed E-state index contributed by atoms with van der Waals surface area (Å²) in [7, 11) is 0. The van der Waals surface area contributed by atoms with Gasteiger partial charge in [0.25, 0.3) is 0 Å². The van der Waals surface area contributed by atoms with Crippen molar-refractivity contribution in [1.82, 2.24) is 14.4 Å². The van der Waals surface area contributed by atoms with Gasteiger partial charge < -0.3 is 23.9 Å². The molecule has 0 spiro atoms. The molecule has 0 atom stereocenters. The Morgan fingerprint density at radius 2 is 1.53 bits per heavy atom. The first-order valence-electron chi connectivity index (χ1n) is 15.2. The van der Waals surface area contributed by atoms with Gasteiger partial charge in [-0.2, -0.15) is 0 Å². The third-order valence-corrected chi connectivity index (χ3v) is 8.42. The number of piperazine rings is 2. The highest BCUT2D eigenvalue weighted by molar-refractivity contribution is 6.02. The van der Waals surface area contributed by atoms with Crippen molar-refractivity contribution in [3.63, 3.8) is 0 Å². The van der Waals surface area contributed by atoms with Crippen LogP contribution in [0.3, 0.4) is 0 Å². The Hall–Kier alpha value is -4.33. The Balaban J connectivity index is 1.37. The molecule has 4 aliphatic rings. The molecule has 0 bridgehead atoms. The van der Waals surface area contributed by atoms with Gasteiger partial charge in [-0.1, -0.05) is 29.8 Å². The maximum absolute atomic E-state index is 12.6. The average molecular weight is 582 g/mol. The van der Waals surface area contributed by atoms with E-state index in [0.717, 1.165) is 83.7 Å². The summed E-state index contributed by atoms with van der Waals surface area (Å²) in [5.41, 5.74) is 6.00. The van der Waals surface area contributed by atoms with Crippen LogP contribution in [0.5, 0.6) is 0 Å². The summed E-state index contributed by atoms with van der Waals surface area (Å²) in [6.07, 6.45) is -0.256. The van der Waals surface area contributed by atoms with Crippen LogP contribution in [0.2, 0.25) is 0 Å². The molecule has 0 aromatic heterocycles. The van der Waals surface area contributed by atoms with Crippen LogP contribution < -0.4 is 14.8 Å². The van der Waals surface area contributed by atoms with Gasteiger partial charge in [-0.3, -0.25) is 4.79 Å². The second kappa shape index (κ2) is 11.4. The average Bonchev–Trinajstić information content (AvgIpc) is 2.99. The molecule has 0 N–H and O–H groups in total. The van der Waals surface area contributed by atoms with Gasteiger partial charge in [0.2, 0.25) is 11.3 Å². The summed E-state index contributed by atoms with van der Waals surface area (Å²) in [6.45, 7) is 15.1. The summed E-state index contributed by atoms with van der Waals surface area (Å²) in [5.74, 6) is 0.964. The van der Waals surface area contributed by atoms with Crippen molar-refractivity contribution in [2.45, 2.75) is 40.2 Å². The van der Waals surface area contributed by atoms with E-state index in [4.69, 9.17) is 9.15 Å². The van der Waals surface area contributed by atoms with E-state index in [1.54, 1.807) is 11.8 Å². The molecular weight excluding hydrogens is 540 g/mol. The molecule has 6 rings (SSSR count). The number of benzene rings is 3. The molecule has 2 aromatic rings. The molecule has 2 fully saturated rings. The normalized spacial score (nSPS) is 16.2. The SMILES string of the molecule is CC(=O)N1CC[N+](=c2ccc3c(-c4ccc(C)cc4)c4ccc(N5CCN(C(=O)OC(C)(C)C)CC5)cc4oc-3c2)CC1. The third kappa shape index (κ3) is 6.10. The lowest BCUT2D eigenvalue weighted by atomic mass is 9.93. The summed E-state index contributed by atoms with van der Waals surface area (Å²) in [4.78, 5) is 30.4. The minimum atomic E-state index is -0.505. The van der Waals surface area contributed by atoms with Gasteiger partial charge in [-0.15, -0.1) is 0 Å². The van der Waals surface area contributed by atoms with Gasteiger partial charge in [0, 0.05) is 67.4 Å². The molecule has 43 heavy (non-hydrogen) atoms. The third-order valence-electron chi connectivity index (χ3n) is 8.42. The largest absolute Gasteiger partial charge is 0.456 e. The van der Waals surface area contributed by atoms with Crippen molar-refractivity contribution in [1.29, 1.82) is 0 Å². The predicted octanol–water partition coefficient (Wildman–Crippen LogP) is 5.20. The maximum atomic E-state index is 12.6. The molecular formula is C35H41N4O4+. The summed E-state index contributed by atoms with van der Waals surface area (Å²) in [6, 6.07) is 21.6. The minimum absolute atomic E-state index is 0.129. The van der Waals surface area contributed by atoms with Gasteiger partial charge in [-0.05, 0) is 51.5 Å². The first kappa shape index (κ1) is 28.8. The zero-order valence-electron chi connectivity index (χ0n) is 25.9. The molecule has 1 aliphatic carbocycles. The second-order valence-electron chi connectivity index (χ2n) is 12.7. The predicted molar refractivity (Wildman–Crippen MR) is 170 cm³/mol. The van der Waals surface area contributed by atoms with Crippen molar-refractivity contribution in [2.75, 3.05) is 57.3 Å². The molecule has 2 aromatic carbocycles. The molecule has 224 valence electrons. The van der Waals surface area contributed by atoms with Gasteiger partial charge in [0.05, 0.1) is 19.2 Å². The maximum Gasteiger partial charge on any atom is 0.410 e. The van der Waals surface area contributed by atoms with Crippen LogP contribution in [0, 0.1) is 6.92 Å². The molecule has 3 heterocycles. The number of nitrogens with zero attached hydrogens (tertiary/aromatic N) is 4. The molecule has 2 saturated heterocycles. The molecule has 0 radical (unpaired) electrons. The number of hydrogen-bond acceptors (Lipinski definition) is 5. The van der Waals surface area contributed by atoms with Crippen molar-refractivity contribution < 1.29 is 18.7 Å². The van der Waals surface area contributed by atoms with Crippen LogP contribution >= 0.6 is 0 Å². The smallest absolute Gasteiger partial charge is 0.410 e. The fraction of sp³-hybridized carbons (Fsp3) is 0.400. The Kier molecular flexibility index (Phi) is 7.63. The van der Waals surface area contributed by atoms with Crippen LogP contribution in [0.1, 0.15) is 33.3 Å². The number of carbonyl (C=O) groups excluding carboxylic acids is 2. The van der Waals surface area contributed by atoms with Crippen LogP contribution in [-0.4, -0.2) is 79.8 Å². The van der Waals surface area contributed by atoms with Gasteiger partial charge in [0.1, 0.15) is 16.9 Å². The first-order chi connectivity index (χ1) is 20.6. The number of fused-ring (bicyclic) bond motifs is 2. The minimum Gasteiger partial charge on any atom is -0.456 e. The number of rotatable bonds is 2. The second-order valence-corrected chi connectivity index (χ2v) is 12.7. The summed E-state index contributed by atoms with van der Waals surface area (Å²) in [5, 5.41) is 2.17. The molecule has 8 nitrogen and oxygen atoms in total. The standard InChI is InChI=1S/C35H41N4O4/c1-24-6-8-26(9-7-24)33-29-12-10-27(37-16-14-36(15-17-37)25(2)40)22-31(29)42-32-23-28(11-13-30(32)33)38-18-20-39(21-19-38)34(41)43-35(3,4)5/h6-13,22-23H,14-21H2,1-5H3/q+1. The fourth-order valence-electron chi connectivity index (χ4n) is 6.05. The van der Waals surface area contributed by atoms with E-state index in [2.05, 4.69) is 77.1 Å². The summed E-state index contributed by atoms with van der Waals surface area (Å²) >= 11 is 0. The highest BCUT2D eigenvalue weighted by atomic mass is 16.6. The van der Waals surface area contributed by atoms with Crippen molar-refractivity contribution in [2.24, 2.45) is 0 Å². The van der Waals surface area contributed by atoms with E-state index in [0.29, 0.717) is 13.1 Å². The summed E-state index contributed by atoms with van der Waals surface area (Å²) < 4.78 is 14.6. The highest BCUT2D eigenvalue weighted by Crippen LogP contribution is 2.41. The van der Waals surface area contributed by atoms with E-state index in [1.807, 2.05) is 25.7 Å². The number of aryl methyl sites for hydroxylation is 1. The zero-order chi connectivity index (χ0) is 30.3. The Morgan fingerprint density at radius 1 is 0.837 bits per heavy atom. The van der Waals surface area contributed by atoms with Crippen molar-refractivity contribution in [3.05, 3.63) is 71.6 Å². The van der Waals surface area contributed by atoms with Crippen molar-refractivity contribution in [3.8, 4) is 22.5 Å². The lowest BCUT2D eigenvalue weighted by molar-refractivity contribution is -0.129. The monoisotopic (exact) mass is 581 g/mol. The van der Waals surface area contributed by atoms with Gasteiger partial charge in [-0.25, -0.2) is 9.37 Å². The Morgan fingerprint density at radius 3 is 2.19 bits per heavy atom. The van der Waals surface area contributed by atoms with E-state index in [1.165, 1.54) is 5.56 Å². The number of hydrogen-bond donors (Lipinski definition) is 0. The Labute approximate surface area is 253 Å². The van der Waals surface area contributed by atoms with Crippen molar-refractivity contribution >= 4 is 28.7 Å². The topological polar surface area (TPSA) is 69.2 Å². The highest BCUT2D eigenvalue weighted by Gasteiger charge is 2.27. The van der Waals surface area contributed by atoms with Crippen LogP contribution in [0.25, 0.3) is 33.4 Å².